The lowest BCUT2D eigenvalue weighted by atomic mass is 10.3. The largest absolute Gasteiger partial charge is 0.370 e. The number of rotatable bonds is 2. The van der Waals surface area contributed by atoms with Crippen molar-refractivity contribution in [2.75, 3.05) is 14.1 Å². The Labute approximate surface area is 93.1 Å². The second kappa shape index (κ2) is 4.79. The van der Waals surface area contributed by atoms with E-state index >= 15 is 0 Å². The molecule has 1 rings (SSSR count). The van der Waals surface area contributed by atoms with Gasteiger partial charge in [0, 0.05) is 20.6 Å². The van der Waals surface area contributed by atoms with Gasteiger partial charge in [-0.2, -0.15) is 11.3 Å². The predicted molar refractivity (Wildman–Crippen MR) is 63.2 cm³/mol. The molecule has 0 spiro atoms. The second-order valence-corrected chi connectivity index (χ2v) is 4.04. The summed E-state index contributed by atoms with van der Waals surface area (Å²) < 4.78 is 0. The van der Waals surface area contributed by atoms with Crippen LogP contribution in [0.1, 0.15) is 5.56 Å². The zero-order valence-corrected chi connectivity index (χ0v) is 9.64. The maximum Gasteiger partial charge on any atom is 0.200 e. The molecule has 82 valence electrons. The summed E-state index contributed by atoms with van der Waals surface area (Å²) in [6, 6.07) is 2.02. The molecule has 0 bridgehead atoms. The van der Waals surface area contributed by atoms with E-state index in [2.05, 4.69) is 0 Å². The molecule has 0 fully saturated rings. The summed E-state index contributed by atoms with van der Waals surface area (Å²) in [6.45, 7) is 0.653. The Morgan fingerprint density at radius 1 is 1.47 bits per heavy atom. The van der Waals surface area contributed by atoms with E-state index in [-0.39, 0.29) is 11.9 Å². The van der Waals surface area contributed by atoms with Gasteiger partial charge in [0.05, 0.1) is 0 Å². The fraction of sp³-hybridized carbons (Fsp3) is 0.333. The van der Waals surface area contributed by atoms with Gasteiger partial charge in [0.2, 0.25) is 0 Å². The van der Waals surface area contributed by atoms with Gasteiger partial charge in [0.15, 0.2) is 11.9 Å². The smallest absolute Gasteiger partial charge is 0.200 e. The van der Waals surface area contributed by atoms with Crippen molar-refractivity contribution in [2.45, 2.75) is 6.54 Å². The molecule has 0 aliphatic carbocycles. The number of hydrogen-bond acceptors (Lipinski definition) is 3. The van der Waals surface area contributed by atoms with Gasteiger partial charge in [-0.15, -0.1) is 0 Å². The SMILES string of the molecule is CN(Cc1ccsc1)C(=N)N(C)C(=N)N. The Balaban J connectivity index is 2.57. The van der Waals surface area contributed by atoms with Crippen molar-refractivity contribution in [2.24, 2.45) is 5.73 Å². The van der Waals surface area contributed by atoms with Crippen molar-refractivity contribution in [1.82, 2.24) is 9.80 Å². The van der Waals surface area contributed by atoms with Crippen molar-refractivity contribution in [3.63, 3.8) is 0 Å². The van der Waals surface area contributed by atoms with Gasteiger partial charge in [-0.05, 0) is 22.4 Å². The summed E-state index contributed by atoms with van der Waals surface area (Å²) in [5, 5.41) is 19.0. The third kappa shape index (κ3) is 2.95. The Morgan fingerprint density at radius 2 is 2.13 bits per heavy atom. The molecule has 0 saturated carbocycles. The molecule has 0 saturated heterocycles. The van der Waals surface area contributed by atoms with E-state index in [4.69, 9.17) is 16.6 Å². The Morgan fingerprint density at radius 3 is 2.60 bits per heavy atom. The molecule has 4 N–H and O–H groups in total. The first-order valence-corrected chi connectivity index (χ1v) is 5.35. The molecule has 0 unspecified atom stereocenters. The number of thiophene rings is 1. The van der Waals surface area contributed by atoms with Gasteiger partial charge >= 0.3 is 0 Å². The standard InChI is InChI=1S/C9H15N5S/c1-13(5-7-3-4-15-6-7)9(12)14(2)8(10)11/h3-4,6,12H,5H2,1-2H3,(H3,10,11). The number of hydrogen-bond donors (Lipinski definition) is 3. The highest BCUT2D eigenvalue weighted by Gasteiger charge is 2.12. The van der Waals surface area contributed by atoms with Crippen LogP contribution in [0.3, 0.4) is 0 Å². The summed E-state index contributed by atoms with van der Waals surface area (Å²) in [7, 11) is 3.41. The lowest BCUT2D eigenvalue weighted by Crippen LogP contribution is -2.45. The molecular weight excluding hydrogens is 210 g/mol. The Hall–Kier alpha value is -1.56. The van der Waals surface area contributed by atoms with Crippen LogP contribution in [-0.4, -0.2) is 35.8 Å². The van der Waals surface area contributed by atoms with Gasteiger partial charge in [-0.1, -0.05) is 0 Å². The van der Waals surface area contributed by atoms with Crippen LogP contribution in [0.5, 0.6) is 0 Å². The second-order valence-electron chi connectivity index (χ2n) is 3.26. The van der Waals surface area contributed by atoms with Crippen molar-refractivity contribution in [1.29, 1.82) is 10.8 Å². The first-order valence-electron chi connectivity index (χ1n) is 4.41. The van der Waals surface area contributed by atoms with Crippen molar-refractivity contribution < 1.29 is 0 Å². The molecular formula is C9H15N5S. The van der Waals surface area contributed by atoms with Crippen LogP contribution < -0.4 is 5.73 Å². The predicted octanol–water partition coefficient (Wildman–Crippen LogP) is 0.940. The molecule has 5 nitrogen and oxygen atoms in total. The maximum absolute atomic E-state index is 7.77. The summed E-state index contributed by atoms with van der Waals surface area (Å²) in [5.41, 5.74) is 6.45. The molecule has 15 heavy (non-hydrogen) atoms. The van der Waals surface area contributed by atoms with Gasteiger partial charge < -0.3 is 10.6 Å². The van der Waals surface area contributed by atoms with Crippen molar-refractivity contribution in [3.8, 4) is 0 Å². The molecule has 6 heteroatoms. The minimum absolute atomic E-state index is 0.128. The fourth-order valence-electron chi connectivity index (χ4n) is 1.10. The topological polar surface area (TPSA) is 80.2 Å². The summed E-state index contributed by atoms with van der Waals surface area (Å²) in [4.78, 5) is 3.07. The van der Waals surface area contributed by atoms with E-state index in [1.54, 1.807) is 30.3 Å². The van der Waals surface area contributed by atoms with Crippen LogP contribution >= 0.6 is 11.3 Å². The monoisotopic (exact) mass is 225 g/mol. The van der Waals surface area contributed by atoms with Crippen LogP contribution in [0, 0.1) is 10.8 Å². The Kier molecular flexibility index (Phi) is 3.68. The number of guanidine groups is 2. The van der Waals surface area contributed by atoms with Crippen molar-refractivity contribution in [3.05, 3.63) is 22.4 Å². The van der Waals surface area contributed by atoms with E-state index < -0.39 is 0 Å². The lowest BCUT2D eigenvalue weighted by Gasteiger charge is -2.26. The van der Waals surface area contributed by atoms with E-state index in [1.165, 1.54) is 4.90 Å². The normalized spacial score (nSPS) is 9.73. The number of nitrogens with one attached hydrogen (secondary N) is 2. The van der Waals surface area contributed by atoms with E-state index in [1.807, 2.05) is 16.8 Å². The van der Waals surface area contributed by atoms with E-state index in [0.29, 0.717) is 6.54 Å². The highest BCUT2D eigenvalue weighted by atomic mass is 32.1. The van der Waals surface area contributed by atoms with Crippen LogP contribution in [0.2, 0.25) is 0 Å². The molecule has 0 aromatic carbocycles. The average molecular weight is 225 g/mol. The summed E-state index contributed by atoms with van der Waals surface area (Å²) in [5.74, 6) is 0.0888. The third-order valence-corrected chi connectivity index (χ3v) is 2.77. The maximum atomic E-state index is 7.77. The van der Waals surface area contributed by atoms with Crippen LogP contribution in [0.25, 0.3) is 0 Å². The molecule has 0 aliphatic heterocycles. The number of nitrogens with two attached hydrogens (primary N) is 1. The minimum Gasteiger partial charge on any atom is -0.370 e. The minimum atomic E-state index is -0.128. The Bertz CT molecular complexity index is 345. The van der Waals surface area contributed by atoms with E-state index in [0.717, 1.165) is 5.56 Å². The fourth-order valence-corrected chi connectivity index (χ4v) is 1.76. The first-order chi connectivity index (χ1) is 7.02. The highest BCUT2D eigenvalue weighted by molar-refractivity contribution is 7.07. The van der Waals surface area contributed by atoms with Crippen LogP contribution in [0.15, 0.2) is 16.8 Å². The third-order valence-electron chi connectivity index (χ3n) is 2.04. The molecule has 0 atom stereocenters. The molecule has 1 aromatic rings. The summed E-state index contributed by atoms with van der Waals surface area (Å²) >= 11 is 1.63. The molecule has 0 aliphatic rings. The zero-order valence-electron chi connectivity index (χ0n) is 8.82. The number of nitrogens with zero attached hydrogens (tertiary/aromatic N) is 2. The molecule has 1 aromatic heterocycles. The lowest BCUT2D eigenvalue weighted by molar-refractivity contribution is 0.441. The van der Waals surface area contributed by atoms with Crippen LogP contribution in [-0.2, 0) is 6.54 Å². The summed E-state index contributed by atoms with van der Waals surface area (Å²) in [6.07, 6.45) is 0. The van der Waals surface area contributed by atoms with Crippen molar-refractivity contribution >= 4 is 23.3 Å². The van der Waals surface area contributed by atoms with Gasteiger partial charge in [0.25, 0.3) is 0 Å². The molecule has 0 amide bonds. The van der Waals surface area contributed by atoms with Gasteiger partial charge in [0.1, 0.15) is 0 Å². The molecule has 1 heterocycles. The van der Waals surface area contributed by atoms with E-state index in [9.17, 15) is 0 Å². The van der Waals surface area contributed by atoms with Crippen LogP contribution in [0.4, 0.5) is 0 Å². The highest BCUT2D eigenvalue weighted by Crippen LogP contribution is 2.08. The van der Waals surface area contributed by atoms with Gasteiger partial charge in [-0.25, -0.2) is 0 Å². The molecule has 0 radical (unpaired) electrons. The van der Waals surface area contributed by atoms with Gasteiger partial charge in [-0.3, -0.25) is 15.7 Å². The zero-order chi connectivity index (χ0) is 11.4. The first kappa shape index (κ1) is 11.5. The quantitative estimate of drug-likeness (QED) is 0.517. The average Bonchev–Trinajstić information content (AvgIpc) is 2.67.